The monoisotopic (exact) mass is 405 g/mol. The maximum absolute atomic E-state index is 13.3. The number of carbonyl (C=O) groups is 1. The van der Waals surface area contributed by atoms with Gasteiger partial charge in [-0.05, 0) is 37.0 Å². The molecule has 30 heavy (non-hydrogen) atoms. The van der Waals surface area contributed by atoms with Crippen LogP contribution in [0.25, 0.3) is 10.9 Å². The van der Waals surface area contributed by atoms with Crippen LogP contribution in [0.15, 0.2) is 59.4 Å². The van der Waals surface area contributed by atoms with Gasteiger partial charge in [-0.15, -0.1) is 0 Å². The molecule has 0 radical (unpaired) electrons. The smallest absolute Gasteiger partial charge is 0.261 e. The maximum Gasteiger partial charge on any atom is 0.261 e. The minimum absolute atomic E-state index is 0.0486. The van der Waals surface area contributed by atoms with Crippen LogP contribution in [0.1, 0.15) is 58.0 Å². The first-order valence-corrected chi connectivity index (χ1v) is 10.8. The SMILES string of the molecule is CCC(c1nc2ccccc2c(=O)n1CC)N(Cc1ccccc1)C(=O)CC(C)C. The van der Waals surface area contributed by atoms with Gasteiger partial charge in [-0.2, -0.15) is 0 Å². The van der Waals surface area contributed by atoms with Gasteiger partial charge >= 0.3 is 0 Å². The van der Waals surface area contributed by atoms with Gasteiger partial charge in [0.1, 0.15) is 5.82 Å². The summed E-state index contributed by atoms with van der Waals surface area (Å²) in [6, 6.07) is 17.2. The highest BCUT2D eigenvalue weighted by Crippen LogP contribution is 2.27. The van der Waals surface area contributed by atoms with Crippen LogP contribution in [0.5, 0.6) is 0 Å². The molecule has 0 N–H and O–H groups in total. The molecule has 1 amide bonds. The molecule has 0 fully saturated rings. The number of fused-ring (bicyclic) bond motifs is 1. The van der Waals surface area contributed by atoms with Gasteiger partial charge in [0.05, 0.1) is 16.9 Å². The Kier molecular flexibility index (Phi) is 7.03. The number of carbonyl (C=O) groups excluding carboxylic acids is 1. The molecule has 0 saturated heterocycles. The molecular weight excluding hydrogens is 374 g/mol. The van der Waals surface area contributed by atoms with E-state index >= 15 is 0 Å². The molecule has 0 spiro atoms. The van der Waals surface area contributed by atoms with E-state index < -0.39 is 0 Å². The van der Waals surface area contributed by atoms with E-state index in [1.54, 1.807) is 4.57 Å². The quantitative estimate of drug-likeness (QED) is 0.533. The van der Waals surface area contributed by atoms with Crippen molar-refractivity contribution in [1.82, 2.24) is 14.5 Å². The average Bonchev–Trinajstić information content (AvgIpc) is 2.74. The normalized spacial score (nSPS) is 12.3. The van der Waals surface area contributed by atoms with Gasteiger partial charge in [-0.3, -0.25) is 14.2 Å². The summed E-state index contributed by atoms with van der Waals surface area (Å²) in [5.41, 5.74) is 1.70. The van der Waals surface area contributed by atoms with Crippen LogP contribution in [0, 0.1) is 5.92 Å². The highest BCUT2D eigenvalue weighted by atomic mass is 16.2. The van der Waals surface area contributed by atoms with Gasteiger partial charge in [0.25, 0.3) is 5.56 Å². The fourth-order valence-electron chi connectivity index (χ4n) is 3.91. The molecule has 0 aliphatic rings. The zero-order valence-electron chi connectivity index (χ0n) is 18.3. The third kappa shape index (κ3) is 4.61. The van der Waals surface area contributed by atoms with Crippen molar-refractivity contribution >= 4 is 16.8 Å². The van der Waals surface area contributed by atoms with E-state index in [0.29, 0.717) is 42.7 Å². The van der Waals surface area contributed by atoms with Crippen LogP contribution in [-0.4, -0.2) is 20.4 Å². The van der Waals surface area contributed by atoms with E-state index in [-0.39, 0.29) is 23.4 Å². The van der Waals surface area contributed by atoms with Gasteiger partial charge < -0.3 is 4.90 Å². The topological polar surface area (TPSA) is 55.2 Å². The molecule has 1 atom stereocenters. The number of hydrogen-bond donors (Lipinski definition) is 0. The number of rotatable bonds is 8. The lowest BCUT2D eigenvalue weighted by Gasteiger charge is -2.33. The molecule has 1 heterocycles. The number of amides is 1. The van der Waals surface area contributed by atoms with Gasteiger partial charge in [-0.25, -0.2) is 4.98 Å². The van der Waals surface area contributed by atoms with Crippen LogP contribution in [-0.2, 0) is 17.9 Å². The Morgan fingerprint density at radius 3 is 2.33 bits per heavy atom. The summed E-state index contributed by atoms with van der Waals surface area (Å²) in [4.78, 5) is 33.2. The summed E-state index contributed by atoms with van der Waals surface area (Å²) < 4.78 is 1.72. The Morgan fingerprint density at radius 2 is 1.70 bits per heavy atom. The van der Waals surface area contributed by atoms with Gasteiger partial charge in [0, 0.05) is 19.5 Å². The minimum atomic E-state index is -0.270. The number of hydrogen-bond acceptors (Lipinski definition) is 3. The second-order valence-electron chi connectivity index (χ2n) is 8.07. The van der Waals surface area contributed by atoms with E-state index in [9.17, 15) is 9.59 Å². The highest BCUT2D eigenvalue weighted by molar-refractivity contribution is 5.78. The molecule has 0 bridgehead atoms. The molecule has 158 valence electrons. The van der Waals surface area contributed by atoms with Crippen LogP contribution in [0.4, 0.5) is 0 Å². The summed E-state index contributed by atoms with van der Waals surface area (Å²) in [6.07, 6.45) is 1.15. The molecule has 2 aromatic carbocycles. The van der Waals surface area contributed by atoms with Crippen molar-refractivity contribution in [2.75, 3.05) is 0 Å². The van der Waals surface area contributed by atoms with Gasteiger partial charge in [-0.1, -0.05) is 63.2 Å². The van der Waals surface area contributed by atoms with Crippen molar-refractivity contribution in [3.63, 3.8) is 0 Å². The molecule has 5 nitrogen and oxygen atoms in total. The molecular formula is C25H31N3O2. The zero-order chi connectivity index (χ0) is 21.7. The van der Waals surface area contributed by atoms with E-state index in [0.717, 1.165) is 5.56 Å². The fourth-order valence-corrected chi connectivity index (χ4v) is 3.91. The highest BCUT2D eigenvalue weighted by Gasteiger charge is 2.28. The third-order valence-corrected chi connectivity index (χ3v) is 5.37. The lowest BCUT2D eigenvalue weighted by Crippen LogP contribution is -2.38. The van der Waals surface area contributed by atoms with Crippen molar-refractivity contribution < 1.29 is 4.79 Å². The Bertz CT molecular complexity index is 1060. The standard InChI is InChI=1S/C25H31N3O2/c1-5-22(24-26-21-15-11-10-14-20(21)25(30)27(24)6-2)28(23(29)16-18(3)4)17-19-12-8-7-9-13-19/h7-15,18,22H,5-6,16-17H2,1-4H3. The number of benzene rings is 2. The summed E-state index contributed by atoms with van der Waals surface area (Å²) in [5, 5.41) is 0.612. The molecule has 5 heteroatoms. The third-order valence-electron chi connectivity index (χ3n) is 5.37. The second-order valence-corrected chi connectivity index (χ2v) is 8.07. The molecule has 0 aliphatic carbocycles. The van der Waals surface area contributed by atoms with Crippen LogP contribution < -0.4 is 5.56 Å². The predicted octanol–water partition coefficient (Wildman–Crippen LogP) is 4.94. The molecule has 1 unspecified atom stereocenters. The predicted molar refractivity (Wildman–Crippen MR) is 121 cm³/mol. The Hall–Kier alpha value is -2.95. The van der Waals surface area contributed by atoms with Crippen molar-refractivity contribution in [3.05, 3.63) is 76.3 Å². The van der Waals surface area contributed by atoms with Crippen LogP contribution in [0.2, 0.25) is 0 Å². The summed E-state index contributed by atoms with van der Waals surface area (Å²) in [6.45, 7) is 9.11. The molecule has 0 saturated carbocycles. The summed E-state index contributed by atoms with van der Waals surface area (Å²) >= 11 is 0. The Labute approximate surface area is 178 Å². The van der Waals surface area contributed by atoms with E-state index in [2.05, 4.69) is 13.8 Å². The summed E-state index contributed by atoms with van der Waals surface area (Å²) in [7, 11) is 0. The van der Waals surface area contributed by atoms with Gasteiger partial charge in [0.2, 0.25) is 5.91 Å². The number of para-hydroxylation sites is 1. The number of nitrogens with zero attached hydrogens (tertiary/aromatic N) is 3. The van der Waals surface area contributed by atoms with Crippen molar-refractivity contribution in [2.45, 2.75) is 59.7 Å². The first-order valence-electron chi connectivity index (χ1n) is 10.8. The Balaban J connectivity index is 2.13. The Morgan fingerprint density at radius 1 is 1.03 bits per heavy atom. The van der Waals surface area contributed by atoms with Crippen LogP contribution >= 0.6 is 0 Å². The second kappa shape index (κ2) is 9.70. The van der Waals surface area contributed by atoms with Crippen molar-refractivity contribution in [1.29, 1.82) is 0 Å². The molecule has 1 aromatic heterocycles. The molecule has 0 aliphatic heterocycles. The van der Waals surface area contributed by atoms with Crippen molar-refractivity contribution in [3.8, 4) is 0 Å². The fraction of sp³-hybridized carbons (Fsp3) is 0.400. The molecule has 3 rings (SSSR count). The summed E-state index contributed by atoms with van der Waals surface area (Å²) in [5.74, 6) is 1.01. The largest absolute Gasteiger partial charge is 0.328 e. The van der Waals surface area contributed by atoms with Gasteiger partial charge in [0.15, 0.2) is 0 Å². The average molecular weight is 406 g/mol. The molecule has 3 aromatic rings. The van der Waals surface area contributed by atoms with Crippen molar-refractivity contribution in [2.24, 2.45) is 5.92 Å². The number of aromatic nitrogens is 2. The van der Waals surface area contributed by atoms with E-state index in [1.807, 2.05) is 73.3 Å². The first kappa shape index (κ1) is 21.8. The van der Waals surface area contributed by atoms with E-state index in [1.165, 1.54) is 0 Å². The maximum atomic E-state index is 13.3. The van der Waals surface area contributed by atoms with Crippen LogP contribution in [0.3, 0.4) is 0 Å². The zero-order valence-corrected chi connectivity index (χ0v) is 18.3. The lowest BCUT2D eigenvalue weighted by atomic mass is 10.0. The minimum Gasteiger partial charge on any atom is -0.328 e. The first-order chi connectivity index (χ1) is 14.5. The lowest BCUT2D eigenvalue weighted by molar-refractivity contribution is -0.135. The van der Waals surface area contributed by atoms with E-state index in [4.69, 9.17) is 4.98 Å².